The molecule has 4 nitrogen and oxygen atoms in total. The first kappa shape index (κ1) is 15.7. The van der Waals surface area contributed by atoms with Gasteiger partial charge in [-0.25, -0.2) is 4.98 Å². The quantitative estimate of drug-likeness (QED) is 0.839. The normalized spacial score (nSPS) is 16.9. The Bertz CT molecular complexity index is 376. The lowest BCUT2D eigenvalue weighted by Gasteiger charge is -2.31. The predicted octanol–water partition coefficient (Wildman–Crippen LogP) is 2.68. The van der Waals surface area contributed by atoms with Crippen molar-refractivity contribution >= 4 is 16.5 Å². The third kappa shape index (κ3) is 3.93. The molecule has 1 saturated heterocycles. The summed E-state index contributed by atoms with van der Waals surface area (Å²) < 4.78 is 5.27. The van der Waals surface area contributed by atoms with Gasteiger partial charge in [0.05, 0.1) is 5.69 Å². The van der Waals surface area contributed by atoms with Crippen molar-refractivity contribution in [2.45, 2.75) is 39.2 Å². The topological polar surface area (TPSA) is 37.4 Å². The van der Waals surface area contributed by atoms with Gasteiger partial charge in [-0.15, -0.1) is 11.3 Å². The molecule has 20 heavy (non-hydrogen) atoms. The molecule has 2 rings (SSSR count). The molecule has 5 heteroatoms. The SMILES string of the molecule is CCCc1nc(N2CCC(COC)CC2)sc1CNC. The molecule has 1 aliphatic heterocycles. The molecule has 0 aliphatic carbocycles. The molecule has 0 saturated carbocycles. The van der Waals surface area contributed by atoms with Gasteiger partial charge < -0.3 is 15.0 Å². The number of aromatic nitrogens is 1. The monoisotopic (exact) mass is 297 g/mol. The lowest BCUT2D eigenvalue weighted by Crippen LogP contribution is -2.34. The lowest BCUT2D eigenvalue weighted by molar-refractivity contribution is 0.139. The van der Waals surface area contributed by atoms with Gasteiger partial charge in [0.25, 0.3) is 0 Å². The number of piperidine rings is 1. The first-order valence-electron chi connectivity index (χ1n) is 7.65. The molecular formula is C15H27N3OS. The molecule has 1 N–H and O–H groups in total. The van der Waals surface area contributed by atoms with Crippen LogP contribution in [0.4, 0.5) is 5.13 Å². The van der Waals surface area contributed by atoms with Gasteiger partial charge in [-0.2, -0.15) is 0 Å². The minimum atomic E-state index is 0.725. The van der Waals surface area contributed by atoms with E-state index in [0.717, 1.165) is 45.0 Å². The zero-order valence-electron chi connectivity index (χ0n) is 12.9. The smallest absolute Gasteiger partial charge is 0.185 e. The van der Waals surface area contributed by atoms with Crippen LogP contribution in [0.3, 0.4) is 0 Å². The van der Waals surface area contributed by atoms with Crippen LogP contribution >= 0.6 is 11.3 Å². The van der Waals surface area contributed by atoms with E-state index in [1.807, 2.05) is 18.4 Å². The number of hydrogen-bond acceptors (Lipinski definition) is 5. The van der Waals surface area contributed by atoms with Gasteiger partial charge in [-0.1, -0.05) is 13.3 Å². The van der Waals surface area contributed by atoms with Crippen molar-refractivity contribution in [2.75, 3.05) is 38.8 Å². The molecule has 1 aromatic heterocycles. The number of rotatable bonds is 7. The van der Waals surface area contributed by atoms with E-state index in [-0.39, 0.29) is 0 Å². The third-order valence-electron chi connectivity index (χ3n) is 3.88. The first-order chi connectivity index (χ1) is 9.78. The van der Waals surface area contributed by atoms with Crippen molar-refractivity contribution in [1.82, 2.24) is 10.3 Å². The maximum atomic E-state index is 5.27. The van der Waals surface area contributed by atoms with Gasteiger partial charge >= 0.3 is 0 Å². The molecule has 0 bridgehead atoms. The highest BCUT2D eigenvalue weighted by Crippen LogP contribution is 2.30. The van der Waals surface area contributed by atoms with Crippen LogP contribution < -0.4 is 10.2 Å². The first-order valence-corrected chi connectivity index (χ1v) is 8.47. The van der Waals surface area contributed by atoms with E-state index in [4.69, 9.17) is 9.72 Å². The van der Waals surface area contributed by atoms with E-state index < -0.39 is 0 Å². The van der Waals surface area contributed by atoms with Gasteiger partial charge in [-0.05, 0) is 32.2 Å². The summed E-state index contributed by atoms with van der Waals surface area (Å²) >= 11 is 1.87. The van der Waals surface area contributed by atoms with Crippen LogP contribution in [0.15, 0.2) is 0 Å². The van der Waals surface area contributed by atoms with Crippen LogP contribution in [-0.4, -0.2) is 38.8 Å². The average molecular weight is 297 g/mol. The highest BCUT2D eigenvalue weighted by Gasteiger charge is 2.22. The summed E-state index contributed by atoms with van der Waals surface area (Å²) in [5.41, 5.74) is 1.29. The highest BCUT2D eigenvalue weighted by molar-refractivity contribution is 7.15. The standard InChI is InChI=1S/C15H27N3OS/c1-4-5-13-14(10-16-2)20-15(17-13)18-8-6-12(7-9-18)11-19-3/h12,16H,4-11H2,1-3H3. The maximum Gasteiger partial charge on any atom is 0.185 e. The van der Waals surface area contributed by atoms with Crippen LogP contribution in [0.1, 0.15) is 36.8 Å². The van der Waals surface area contributed by atoms with Gasteiger partial charge in [0.2, 0.25) is 0 Å². The van der Waals surface area contributed by atoms with Crippen LogP contribution in [0.25, 0.3) is 0 Å². The molecular weight excluding hydrogens is 270 g/mol. The van der Waals surface area contributed by atoms with E-state index >= 15 is 0 Å². The van der Waals surface area contributed by atoms with Crippen LogP contribution in [0.5, 0.6) is 0 Å². The molecule has 0 radical (unpaired) electrons. The van der Waals surface area contributed by atoms with Crippen molar-refractivity contribution in [3.8, 4) is 0 Å². The number of ether oxygens (including phenoxy) is 1. The molecule has 0 atom stereocenters. The van der Waals surface area contributed by atoms with Gasteiger partial charge in [0, 0.05) is 38.2 Å². The minimum absolute atomic E-state index is 0.725. The van der Waals surface area contributed by atoms with E-state index in [1.54, 1.807) is 7.11 Å². The molecule has 114 valence electrons. The fourth-order valence-electron chi connectivity index (χ4n) is 2.76. The van der Waals surface area contributed by atoms with Crippen molar-refractivity contribution in [3.63, 3.8) is 0 Å². The average Bonchev–Trinajstić information content (AvgIpc) is 2.84. The Morgan fingerprint density at radius 2 is 2.15 bits per heavy atom. The fourth-order valence-corrected chi connectivity index (χ4v) is 3.93. The van der Waals surface area contributed by atoms with Gasteiger partial charge in [-0.3, -0.25) is 0 Å². The molecule has 0 amide bonds. The minimum Gasteiger partial charge on any atom is -0.384 e. The summed E-state index contributed by atoms with van der Waals surface area (Å²) in [6, 6.07) is 0. The maximum absolute atomic E-state index is 5.27. The largest absolute Gasteiger partial charge is 0.384 e. The summed E-state index contributed by atoms with van der Waals surface area (Å²) in [6.07, 6.45) is 4.69. The Kier molecular flexibility index (Phi) is 6.26. The van der Waals surface area contributed by atoms with Crippen LogP contribution in [0, 0.1) is 5.92 Å². The molecule has 1 aromatic rings. The van der Waals surface area contributed by atoms with Crippen molar-refractivity contribution < 1.29 is 4.74 Å². The van der Waals surface area contributed by atoms with Crippen molar-refractivity contribution in [1.29, 1.82) is 0 Å². The Morgan fingerprint density at radius 3 is 2.75 bits per heavy atom. The molecule has 1 fully saturated rings. The molecule has 1 aliphatic rings. The zero-order chi connectivity index (χ0) is 14.4. The fraction of sp³-hybridized carbons (Fsp3) is 0.800. The van der Waals surface area contributed by atoms with Crippen molar-refractivity contribution in [3.05, 3.63) is 10.6 Å². The van der Waals surface area contributed by atoms with E-state index in [9.17, 15) is 0 Å². The second kappa shape index (κ2) is 7.96. The molecule has 2 heterocycles. The third-order valence-corrected chi connectivity index (χ3v) is 5.04. The number of nitrogens with one attached hydrogen (secondary N) is 1. The van der Waals surface area contributed by atoms with E-state index in [1.165, 1.54) is 28.5 Å². The second-order valence-corrected chi connectivity index (χ2v) is 6.59. The molecule has 0 aromatic carbocycles. The number of aryl methyl sites for hydroxylation is 1. The van der Waals surface area contributed by atoms with E-state index in [0.29, 0.717) is 0 Å². The number of anilines is 1. The van der Waals surface area contributed by atoms with Crippen molar-refractivity contribution in [2.24, 2.45) is 5.92 Å². The Labute approximate surface area is 126 Å². The Balaban J connectivity index is 2.00. The van der Waals surface area contributed by atoms with E-state index in [2.05, 4.69) is 17.1 Å². The predicted molar refractivity (Wildman–Crippen MR) is 85.7 cm³/mol. The molecule has 0 spiro atoms. The summed E-state index contributed by atoms with van der Waals surface area (Å²) in [4.78, 5) is 8.75. The number of thiazole rings is 1. The highest BCUT2D eigenvalue weighted by atomic mass is 32.1. The zero-order valence-corrected chi connectivity index (χ0v) is 13.8. The van der Waals surface area contributed by atoms with Gasteiger partial charge in [0.1, 0.15) is 0 Å². The van der Waals surface area contributed by atoms with Crippen LogP contribution in [0.2, 0.25) is 0 Å². The number of methoxy groups -OCH3 is 1. The van der Waals surface area contributed by atoms with Gasteiger partial charge in [0.15, 0.2) is 5.13 Å². The number of nitrogens with zero attached hydrogens (tertiary/aromatic N) is 2. The summed E-state index contributed by atoms with van der Waals surface area (Å²) in [5, 5.41) is 4.48. The summed E-state index contributed by atoms with van der Waals surface area (Å²) in [5.74, 6) is 0.725. The summed E-state index contributed by atoms with van der Waals surface area (Å²) in [6.45, 7) is 6.29. The van der Waals surface area contributed by atoms with Crippen LogP contribution in [-0.2, 0) is 17.7 Å². The Morgan fingerprint density at radius 1 is 1.40 bits per heavy atom. The number of hydrogen-bond donors (Lipinski definition) is 1. The lowest BCUT2D eigenvalue weighted by atomic mass is 9.98. The Hall–Kier alpha value is -0.650. The molecule has 0 unspecified atom stereocenters. The summed E-state index contributed by atoms with van der Waals surface area (Å²) in [7, 11) is 3.81. The second-order valence-electron chi connectivity index (χ2n) is 5.53.